The van der Waals surface area contributed by atoms with Gasteiger partial charge in [-0.15, -0.1) is 0 Å². The molecule has 0 bridgehead atoms. The van der Waals surface area contributed by atoms with Gasteiger partial charge in [0.25, 0.3) is 0 Å². The fraction of sp³-hybridized carbons (Fsp3) is 0.316. The van der Waals surface area contributed by atoms with E-state index in [1.54, 1.807) is 18.2 Å². The van der Waals surface area contributed by atoms with Gasteiger partial charge in [-0.05, 0) is 24.6 Å². The molecule has 6 heteroatoms. The number of imidazole rings is 1. The summed E-state index contributed by atoms with van der Waals surface area (Å²) in [6.45, 7) is 4.95. The molecular weight excluding hydrogens is 334 g/mol. The van der Waals surface area contributed by atoms with E-state index in [0.717, 1.165) is 35.3 Å². The van der Waals surface area contributed by atoms with Crippen LogP contribution < -0.4 is 0 Å². The predicted octanol–water partition coefficient (Wildman–Crippen LogP) is 4.04. The van der Waals surface area contributed by atoms with Crippen LogP contribution in [0.15, 0.2) is 53.4 Å². The summed E-state index contributed by atoms with van der Waals surface area (Å²) in [5.74, 6) is 0.739. The Morgan fingerprint density at radius 3 is 2.52 bits per heavy atom. The normalized spacial score (nSPS) is 12.1. The van der Waals surface area contributed by atoms with Gasteiger partial charge in [-0.3, -0.25) is 0 Å². The molecule has 0 amide bonds. The molecule has 25 heavy (non-hydrogen) atoms. The number of nitrogens with one attached hydrogen (secondary N) is 1. The molecule has 0 atom stereocenters. The predicted molar refractivity (Wildman–Crippen MR) is 101 cm³/mol. The Kier molecular flexibility index (Phi) is 5.20. The molecule has 0 unspecified atom stereocenters. The Labute approximate surface area is 148 Å². The van der Waals surface area contributed by atoms with Crippen LogP contribution in [-0.4, -0.2) is 35.8 Å². The van der Waals surface area contributed by atoms with E-state index in [-0.39, 0.29) is 0 Å². The van der Waals surface area contributed by atoms with Crippen LogP contribution in [0, 0.1) is 0 Å². The molecule has 2 aromatic carbocycles. The number of nitrogens with zero attached hydrogens (tertiary/aromatic N) is 2. The largest absolute Gasteiger partial charge is 0.338 e. The van der Waals surface area contributed by atoms with E-state index >= 15 is 0 Å². The summed E-state index contributed by atoms with van der Waals surface area (Å²) in [6, 6.07) is 14.9. The Hall–Kier alpha value is -2.18. The third-order valence-electron chi connectivity index (χ3n) is 4.25. The maximum Gasteiger partial charge on any atom is 0.243 e. The number of aromatic amines is 1. The highest BCUT2D eigenvalue weighted by Gasteiger charge is 2.23. The lowest BCUT2D eigenvalue weighted by Crippen LogP contribution is -2.31. The highest BCUT2D eigenvalue weighted by molar-refractivity contribution is 7.89. The number of rotatable bonds is 7. The van der Waals surface area contributed by atoms with Crippen LogP contribution >= 0.6 is 0 Å². The first kappa shape index (κ1) is 17.6. The zero-order valence-electron chi connectivity index (χ0n) is 14.6. The minimum atomic E-state index is -3.48. The number of hydrogen-bond donors (Lipinski definition) is 1. The van der Waals surface area contributed by atoms with Gasteiger partial charge in [-0.25, -0.2) is 13.4 Å². The van der Waals surface area contributed by atoms with Gasteiger partial charge in [-0.1, -0.05) is 50.6 Å². The van der Waals surface area contributed by atoms with Gasteiger partial charge in [-0.2, -0.15) is 4.31 Å². The second kappa shape index (κ2) is 7.37. The van der Waals surface area contributed by atoms with Crippen LogP contribution in [0.3, 0.4) is 0 Å². The van der Waals surface area contributed by atoms with Crippen molar-refractivity contribution in [1.29, 1.82) is 0 Å². The third-order valence-corrected chi connectivity index (χ3v) is 6.22. The number of hydrogen-bond acceptors (Lipinski definition) is 3. The fourth-order valence-corrected chi connectivity index (χ4v) is 4.33. The van der Waals surface area contributed by atoms with Crippen LogP contribution in [0.1, 0.15) is 26.7 Å². The van der Waals surface area contributed by atoms with Gasteiger partial charge < -0.3 is 4.98 Å². The lowest BCUT2D eigenvalue weighted by Gasteiger charge is -2.20. The molecule has 1 heterocycles. The van der Waals surface area contributed by atoms with Crippen molar-refractivity contribution in [3.05, 3.63) is 48.5 Å². The van der Waals surface area contributed by atoms with E-state index < -0.39 is 10.0 Å². The molecule has 0 aliphatic heterocycles. The molecule has 0 radical (unpaired) electrons. The molecular formula is C19H23N3O2S. The van der Waals surface area contributed by atoms with Gasteiger partial charge in [0.2, 0.25) is 10.0 Å². The summed E-state index contributed by atoms with van der Waals surface area (Å²) >= 11 is 0. The monoisotopic (exact) mass is 357 g/mol. The molecule has 132 valence electrons. The first-order valence-electron chi connectivity index (χ1n) is 8.61. The van der Waals surface area contributed by atoms with Gasteiger partial charge in [0.15, 0.2) is 0 Å². The summed E-state index contributed by atoms with van der Waals surface area (Å²) < 4.78 is 27.3. The van der Waals surface area contributed by atoms with Crippen LogP contribution in [0.4, 0.5) is 0 Å². The van der Waals surface area contributed by atoms with Crippen LogP contribution in [-0.2, 0) is 10.0 Å². The smallest absolute Gasteiger partial charge is 0.243 e. The average Bonchev–Trinajstić information content (AvgIpc) is 3.06. The zero-order valence-corrected chi connectivity index (χ0v) is 15.4. The zero-order chi connectivity index (χ0) is 17.9. The molecule has 3 aromatic rings. The van der Waals surface area contributed by atoms with E-state index in [4.69, 9.17) is 0 Å². The molecule has 0 spiro atoms. The second-order valence-corrected chi connectivity index (χ2v) is 7.92. The van der Waals surface area contributed by atoms with Gasteiger partial charge >= 0.3 is 0 Å². The summed E-state index contributed by atoms with van der Waals surface area (Å²) in [6.07, 6.45) is 1.82. The molecule has 1 N–H and O–H groups in total. The first-order chi connectivity index (χ1) is 12.1. The molecule has 0 saturated heterocycles. The van der Waals surface area contributed by atoms with Crippen LogP contribution in [0.5, 0.6) is 0 Å². The summed E-state index contributed by atoms with van der Waals surface area (Å²) in [5, 5.41) is 0. The second-order valence-electron chi connectivity index (χ2n) is 5.98. The molecule has 0 aliphatic rings. The van der Waals surface area contributed by atoms with Crippen molar-refractivity contribution in [1.82, 2.24) is 14.3 Å². The topological polar surface area (TPSA) is 66.1 Å². The summed E-state index contributed by atoms with van der Waals surface area (Å²) in [5.41, 5.74) is 2.46. The van der Waals surface area contributed by atoms with Crippen molar-refractivity contribution in [2.45, 2.75) is 31.6 Å². The molecule has 1 aromatic heterocycles. The van der Waals surface area contributed by atoms with Gasteiger partial charge in [0, 0.05) is 18.7 Å². The quantitative estimate of drug-likeness (QED) is 0.694. The molecule has 0 saturated carbocycles. The van der Waals surface area contributed by atoms with Crippen LogP contribution in [0.2, 0.25) is 0 Å². The minimum absolute atomic E-state index is 0.307. The lowest BCUT2D eigenvalue weighted by molar-refractivity contribution is 0.419. The van der Waals surface area contributed by atoms with Crippen molar-refractivity contribution in [3.63, 3.8) is 0 Å². The van der Waals surface area contributed by atoms with E-state index in [0.29, 0.717) is 18.0 Å². The third kappa shape index (κ3) is 3.60. The van der Waals surface area contributed by atoms with Crippen molar-refractivity contribution >= 4 is 21.1 Å². The Balaban J connectivity index is 1.98. The summed E-state index contributed by atoms with van der Waals surface area (Å²) in [7, 11) is -3.48. The maximum absolute atomic E-state index is 12.9. The lowest BCUT2D eigenvalue weighted by atomic mass is 10.2. The van der Waals surface area contributed by atoms with E-state index in [9.17, 15) is 8.42 Å². The van der Waals surface area contributed by atoms with Crippen LogP contribution in [0.25, 0.3) is 22.4 Å². The van der Waals surface area contributed by atoms with Crippen molar-refractivity contribution < 1.29 is 8.42 Å². The summed E-state index contributed by atoms with van der Waals surface area (Å²) in [4.78, 5) is 8.09. The first-order valence-corrected chi connectivity index (χ1v) is 10.1. The number of sulfonamides is 1. The molecule has 3 rings (SSSR count). The molecule has 0 fully saturated rings. The fourth-order valence-electron chi connectivity index (χ4n) is 2.81. The number of aromatic nitrogens is 2. The highest BCUT2D eigenvalue weighted by Crippen LogP contribution is 2.24. The Bertz CT molecular complexity index is 949. The Morgan fingerprint density at radius 1 is 1.08 bits per heavy atom. The average molecular weight is 357 g/mol. The van der Waals surface area contributed by atoms with Crippen molar-refractivity contribution in [2.24, 2.45) is 0 Å². The van der Waals surface area contributed by atoms with Gasteiger partial charge in [0.05, 0.1) is 15.9 Å². The highest BCUT2D eigenvalue weighted by atomic mass is 32.2. The van der Waals surface area contributed by atoms with Gasteiger partial charge in [0.1, 0.15) is 5.82 Å². The minimum Gasteiger partial charge on any atom is -0.338 e. The van der Waals surface area contributed by atoms with E-state index in [1.165, 1.54) is 4.31 Å². The molecule has 0 aliphatic carbocycles. The number of H-pyrrole nitrogens is 1. The number of benzene rings is 2. The SMILES string of the molecule is CCCCN(CC)S(=O)(=O)c1ccc2nc(-c3ccccc3)[nH]c2c1. The van der Waals surface area contributed by atoms with E-state index in [1.807, 2.05) is 37.3 Å². The van der Waals surface area contributed by atoms with Crippen molar-refractivity contribution in [3.8, 4) is 11.4 Å². The molecule has 5 nitrogen and oxygen atoms in total. The number of fused-ring (bicyclic) bond motifs is 1. The van der Waals surface area contributed by atoms with Crippen molar-refractivity contribution in [2.75, 3.05) is 13.1 Å². The maximum atomic E-state index is 12.9. The van der Waals surface area contributed by atoms with E-state index in [2.05, 4.69) is 16.9 Å². The number of unbranched alkanes of at least 4 members (excludes halogenated alkanes) is 1. The standard InChI is InChI=1S/C19H23N3O2S/c1-3-5-13-22(4-2)25(23,24)16-11-12-17-18(14-16)21-19(20-17)15-9-7-6-8-10-15/h6-12,14H,3-5,13H2,1-2H3,(H,20,21). The Morgan fingerprint density at radius 2 is 1.84 bits per heavy atom.